The first-order valence-electron chi connectivity index (χ1n) is 4.40. The van der Waals surface area contributed by atoms with Crippen LogP contribution in [0, 0.1) is 15.5 Å². The molecule has 88 valence electrons. The van der Waals surface area contributed by atoms with E-state index in [9.17, 15) is 10.1 Å². The van der Waals surface area contributed by atoms with Crippen molar-refractivity contribution in [1.29, 1.82) is 0 Å². The molecule has 1 fully saturated rings. The van der Waals surface area contributed by atoms with Crippen LogP contribution in [0.25, 0.3) is 0 Å². The first-order valence-corrected chi connectivity index (χ1v) is 5.52. The number of alkyl halides is 1. The number of rotatable bonds is 5. The number of halogens is 1. The summed E-state index contributed by atoms with van der Waals surface area (Å²) in [5, 5.41) is 17.6. The monoisotopic (exact) mass is 293 g/mol. The summed E-state index contributed by atoms with van der Waals surface area (Å²) in [7, 11) is 0. The lowest BCUT2D eigenvalue weighted by atomic mass is 9.90. The number of nitro groups is 1. The molecular weight excluding hydrogens is 286 g/mol. The van der Waals surface area contributed by atoms with Gasteiger partial charge in [0.15, 0.2) is 5.16 Å². The summed E-state index contributed by atoms with van der Waals surface area (Å²) in [6, 6.07) is 0. The summed E-state index contributed by atoms with van der Waals surface area (Å²) >= 11 is 3.34. The maximum atomic E-state index is 10.5. The highest BCUT2D eigenvalue weighted by Crippen LogP contribution is 2.31. The van der Waals surface area contributed by atoms with E-state index in [0.717, 1.165) is 0 Å². The van der Waals surface area contributed by atoms with Gasteiger partial charge in [0.1, 0.15) is 6.61 Å². The van der Waals surface area contributed by atoms with Crippen LogP contribution in [0.3, 0.4) is 0 Å². The fourth-order valence-electron chi connectivity index (χ4n) is 1.19. The molecule has 9 heteroatoms. The molecule has 1 aromatic heterocycles. The molecule has 1 aliphatic rings. The highest BCUT2D eigenvalue weighted by atomic mass is 79.9. The number of hydrogen-bond donors (Lipinski definition) is 0. The van der Waals surface area contributed by atoms with Crippen LogP contribution in [-0.4, -0.2) is 40.4 Å². The molecule has 0 amide bonds. The van der Waals surface area contributed by atoms with E-state index in [1.165, 1.54) is 0 Å². The van der Waals surface area contributed by atoms with Gasteiger partial charge in [0.05, 0.1) is 18.6 Å². The van der Waals surface area contributed by atoms with E-state index in [4.69, 9.17) is 9.47 Å². The van der Waals surface area contributed by atoms with Crippen molar-refractivity contribution in [2.45, 2.75) is 0 Å². The summed E-state index contributed by atoms with van der Waals surface area (Å²) in [5.41, 5.74) is -0.146. The van der Waals surface area contributed by atoms with Crippen molar-refractivity contribution in [3.8, 4) is 5.88 Å². The van der Waals surface area contributed by atoms with E-state index in [1.54, 1.807) is 0 Å². The van der Waals surface area contributed by atoms with Gasteiger partial charge in [-0.2, -0.15) is 0 Å². The quantitative estimate of drug-likeness (QED) is 0.449. The van der Waals surface area contributed by atoms with Gasteiger partial charge in [-0.1, -0.05) is 15.9 Å². The fraction of sp³-hybridized carbons (Fsp3) is 0.714. The molecule has 2 rings (SSSR count). The predicted octanol–water partition coefficient (Wildman–Crippen LogP) is 0.768. The van der Waals surface area contributed by atoms with Crippen LogP contribution in [0.4, 0.5) is 5.82 Å². The van der Waals surface area contributed by atoms with E-state index < -0.39 is 10.7 Å². The van der Waals surface area contributed by atoms with Gasteiger partial charge in [-0.15, -0.1) is 4.63 Å². The predicted molar refractivity (Wildman–Crippen MR) is 53.5 cm³/mol. The summed E-state index contributed by atoms with van der Waals surface area (Å²) in [6.45, 7) is 1.38. The second-order valence-electron chi connectivity index (χ2n) is 3.57. The van der Waals surface area contributed by atoms with Crippen LogP contribution in [0.15, 0.2) is 4.63 Å². The molecule has 0 aliphatic carbocycles. The third-order valence-electron chi connectivity index (χ3n) is 2.23. The molecule has 8 nitrogen and oxygen atoms in total. The number of aromatic nitrogens is 2. The Labute approximate surface area is 98.1 Å². The van der Waals surface area contributed by atoms with Gasteiger partial charge in [0, 0.05) is 10.5 Å². The maximum Gasteiger partial charge on any atom is 0.478 e. The number of nitrogens with zero attached hydrogens (tertiary/aromatic N) is 3. The van der Waals surface area contributed by atoms with Gasteiger partial charge in [-0.25, -0.2) is 0 Å². The molecule has 0 radical (unpaired) electrons. The Hall–Kier alpha value is -1.22. The highest BCUT2D eigenvalue weighted by Gasteiger charge is 2.39. The molecule has 1 saturated heterocycles. The molecule has 0 spiro atoms. The Bertz CT molecular complexity index is 386. The van der Waals surface area contributed by atoms with Gasteiger partial charge >= 0.3 is 11.7 Å². The van der Waals surface area contributed by atoms with E-state index in [0.29, 0.717) is 18.5 Å². The normalized spacial score (nSPS) is 17.8. The zero-order chi connectivity index (χ0) is 11.6. The summed E-state index contributed by atoms with van der Waals surface area (Å²) in [4.78, 5) is 9.79. The van der Waals surface area contributed by atoms with Crippen molar-refractivity contribution < 1.29 is 19.0 Å². The minimum atomic E-state index is -0.704. The van der Waals surface area contributed by atoms with Crippen LogP contribution in [0.5, 0.6) is 5.88 Å². The summed E-state index contributed by atoms with van der Waals surface area (Å²) in [6.07, 6.45) is 0. The Morgan fingerprint density at radius 3 is 2.81 bits per heavy atom. The maximum absolute atomic E-state index is 10.5. The number of ether oxygens (including phenoxy) is 2. The summed E-state index contributed by atoms with van der Waals surface area (Å²) < 4.78 is 14.5. The average molecular weight is 294 g/mol. The third kappa shape index (κ3) is 2.00. The van der Waals surface area contributed by atoms with Crippen LogP contribution < -0.4 is 4.74 Å². The van der Waals surface area contributed by atoms with E-state index in [2.05, 4.69) is 30.9 Å². The molecule has 0 atom stereocenters. The fourth-order valence-corrected chi connectivity index (χ4v) is 1.68. The Morgan fingerprint density at radius 1 is 1.56 bits per heavy atom. The van der Waals surface area contributed by atoms with Gasteiger partial charge in [-0.05, 0) is 4.92 Å². The Morgan fingerprint density at radius 2 is 2.31 bits per heavy atom. The second-order valence-corrected chi connectivity index (χ2v) is 4.13. The van der Waals surface area contributed by atoms with Crippen molar-refractivity contribution in [2.75, 3.05) is 25.2 Å². The van der Waals surface area contributed by atoms with Crippen molar-refractivity contribution in [1.82, 2.24) is 10.3 Å². The summed E-state index contributed by atoms with van der Waals surface area (Å²) in [5.74, 6) is -0.706. The van der Waals surface area contributed by atoms with Gasteiger partial charge in [-0.3, -0.25) is 0 Å². The Kier molecular flexibility index (Phi) is 3.06. The minimum absolute atomic E-state index is 0.146. The zero-order valence-electron chi connectivity index (χ0n) is 8.09. The van der Waals surface area contributed by atoms with Crippen molar-refractivity contribution >= 4 is 21.7 Å². The molecule has 0 saturated carbocycles. The lowest BCUT2D eigenvalue weighted by molar-refractivity contribution is -0.391. The van der Waals surface area contributed by atoms with E-state index in [-0.39, 0.29) is 17.9 Å². The largest absolute Gasteiger partial charge is 0.478 e. The topological polar surface area (TPSA) is 101 Å². The average Bonchev–Trinajstić information content (AvgIpc) is 2.65. The minimum Gasteiger partial charge on any atom is -0.469 e. The standard InChI is InChI=1S/C7H8BrN3O5/c8-1-7(2-14-3-7)4-15-6-5(11(12)13)9-16-10-6/h1-4H2. The number of hydrogen-bond acceptors (Lipinski definition) is 7. The van der Waals surface area contributed by atoms with Crippen molar-refractivity contribution in [3.63, 3.8) is 0 Å². The van der Waals surface area contributed by atoms with Crippen molar-refractivity contribution in [2.24, 2.45) is 5.41 Å². The van der Waals surface area contributed by atoms with Gasteiger partial charge in [0.2, 0.25) is 0 Å². The second kappa shape index (κ2) is 4.34. The smallest absolute Gasteiger partial charge is 0.469 e. The van der Waals surface area contributed by atoms with E-state index >= 15 is 0 Å². The molecular formula is C7H8BrN3O5. The Balaban J connectivity index is 1.99. The van der Waals surface area contributed by atoms with Crippen LogP contribution >= 0.6 is 15.9 Å². The first kappa shape index (κ1) is 11.3. The van der Waals surface area contributed by atoms with Crippen molar-refractivity contribution in [3.05, 3.63) is 10.1 Å². The molecule has 0 N–H and O–H groups in total. The van der Waals surface area contributed by atoms with Crippen LogP contribution in [0.1, 0.15) is 0 Å². The first-order chi connectivity index (χ1) is 7.67. The molecule has 1 aromatic rings. The molecule has 1 aliphatic heterocycles. The van der Waals surface area contributed by atoms with Gasteiger partial charge in [0.25, 0.3) is 0 Å². The van der Waals surface area contributed by atoms with Crippen LogP contribution in [0.2, 0.25) is 0 Å². The molecule has 0 bridgehead atoms. The third-order valence-corrected chi connectivity index (χ3v) is 3.42. The lowest BCUT2D eigenvalue weighted by Crippen LogP contribution is -2.48. The molecule has 16 heavy (non-hydrogen) atoms. The molecule has 0 aromatic carbocycles. The van der Waals surface area contributed by atoms with E-state index in [1.807, 2.05) is 0 Å². The molecule has 2 heterocycles. The SMILES string of the molecule is O=[N+]([O-])c1nonc1OCC1(CBr)COC1. The van der Waals surface area contributed by atoms with Gasteiger partial charge < -0.3 is 19.6 Å². The molecule has 0 unspecified atom stereocenters. The highest BCUT2D eigenvalue weighted by molar-refractivity contribution is 9.09. The lowest BCUT2D eigenvalue weighted by Gasteiger charge is -2.38. The zero-order valence-corrected chi connectivity index (χ0v) is 9.68. The van der Waals surface area contributed by atoms with Crippen LogP contribution in [-0.2, 0) is 4.74 Å².